The zero-order valence-corrected chi connectivity index (χ0v) is 12.2. The first-order chi connectivity index (χ1) is 9.56. The number of nitrogens with zero attached hydrogens (tertiary/aromatic N) is 1. The van der Waals surface area contributed by atoms with E-state index in [2.05, 4.69) is 20.7 Å². The van der Waals surface area contributed by atoms with Crippen LogP contribution in [0.2, 0.25) is 0 Å². The number of carbonyl (C=O) groups is 1. The van der Waals surface area contributed by atoms with Gasteiger partial charge in [-0.1, -0.05) is 28.1 Å². The number of halogens is 1. The fraction of sp³-hybridized carbons (Fsp3) is 0.143. The van der Waals surface area contributed by atoms with Gasteiger partial charge in [-0.05, 0) is 23.8 Å². The van der Waals surface area contributed by atoms with Crippen LogP contribution in [0.25, 0.3) is 0 Å². The first kappa shape index (κ1) is 14.2. The van der Waals surface area contributed by atoms with Gasteiger partial charge in [0.2, 0.25) is 11.6 Å². The standard InChI is InChI=1S/C14H11BrN2O3/c1-19-14(18)12-6-10(11(7-16)13(17)20-12)8-2-4-9(15)5-3-8/h2-6,10H,17H2,1H3/t10-/m1/s1. The number of esters is 1. The Morgan fingerprint density at radius 3 is 2.65 bits per heavy atom. The molecule has 0 radical (unpaired) electrons. The zero-order chi connectivity index (χ0) is 14.7. The van der Waals surface area contributed by atoms with E-state index in [9.17, 15) is 10.1 Å². The maximum atomic E-state index is 11.6. The molecule has 0 spiro atoms. The molecule has 1 aromatic carbocycles. The van der Waals surface area contributed by atoms with Crippen molar-refractivity contribution in [3.8, 4) is 6.07 Å². The predicted octanol–water partition coefficient (Wildman–Crippen LogP) is 2.31. The minimum absolute atomic E-state index is 0.0167. The van der Waals surface area contributed by atoms with Gasteiger partial charge in [0.15, 0.2) is 0 Å². The Kier molecular flexibility index (Phi) is 4.11. The lowest BCUT2D eigenvalue weighted by Gasteiger charge is -2.21. The molecular formula is C14H11BrN2O3. The van der Waals surface area contributed by atoms with Gasteiger partial charge in [-0.15, -0.1) is 0 Å². The molecule has 0 saturated heterocycles. The highest BCUT2D eigenvalue weighted by atomic mass is 79.9. The van der Waals surface area contributed by atoms with Crippen molar-refractivity contribution in [3.05, 3.63) is 57.6 Å². The molecule has 0 aliphatic carbocycles. The maximum absolute atomic E-state index is 11.6. The van der Waals surface area contributed by atoms with E-state index in [1.807, 2.05) is 30.3 Å². The first-order valence-electron chi connectivity index (χ1n) is 5.70. The molecule has 6 heteroatoms. The topological polar surface area (TPSA) is 85.3 Å². The number of nitriles is 1. The molecule has 102 valence electrons. The first-order valence-corrected chi connectivity index (χ1v) is 6.49. The summed E-state index contributed by atoms with van der Waals surface area (Å²) in [6.07, 6.45) is 1.53. The summed E-state index contributed by atoms with van der Waals surface area (Å²) in [6, 6.07) is 9.40. The van der Waals surface area contributed by atoms with Crippen molar-refractivity contribution < 1.29 is 14.3 Å². The highest BCUT2D eigenvalue weighted by molar-refractivity contribution is 9.10. The summed E-state index contributed by atoms with van der Waals surface area (Å²) >= 11 is 3.34. The Labute approximate surface area is 124 Å². The molecule has 2 N–H and O–H groups in total. The third-order valence-electron chi connectivity index (χ3n) is 2.85. The number of hydrogen-bond acceptors (Lipinski definition) is 5. The summed E-state index contributed by atoms with van der Waals surface area (Å²) in [4.78, 5) is 11.6. The van der Waals surface area contributed by atoms with Crippen molar-refractivity contribution in [2.45, 2.75) is 5.92 Å². The smallest absolute Gasteiger partial charge is 0.373 e. The second-order valence-corrected chi connectivity index (χ2v) is 4.96. The molecule has 1 aliphatic rings. The van der Waals surface area contributed by atoms with Crippen molar-refractivity contribution in [1.29, 1.82) is 5.26 Å². The number of ether oxygens (including phenoxy) is 2. The Morgan fingerprint density at radius 1 is 1.45 bits per heavy atom. The van der Waals surface area contributed by atoms with Gasteiger partial charge in [0, 0.05) is 10.4 Å². The minimum Gasteiger partial charge on any atom is -0.463 e. The van der Waals surface area contributed by atoms with Gasteiger partial charge in [-0.25, -0.2) is 4.79 Å². The molecule has 0 fully saturated rings. The summed E-state index contributed by atoms with van der Waals surface area (Å²) in [6.45, 7) is 0. The largest absolute Gasteiger partial charge is 0.463 e. The third-order valence-corrected chi connectivity index (χ3v) is 3.38. The number of rotatable bonds is 2. The highest BCUT2D eigenvalue weighted by Crippen LogP contribution is 2.33. The van der Waals surface area contributed by atoms with Gasteiger partial charge in [0.05, 0.1) is 7.11 Å². The molecule has 0 bridgehead atoms. The van der Waals surface area contributed by atoms with Crippen molar-refractivity contribution in [3.63, 3.8) is 0 Å². The molecule has 0 amide bonds. The molecule has 1 aliphatic heterocycles. The number of benzene rings is 1. The maximum Gasteiger partial charge on any atom is 0.373 e. The van der Waals surface area contributed by atoms with E-state index in [1.54, 1.807) is 0 Å². The highest BCUT2D eigenvalue weighted by Gasteiger charge is 2.28. The molecule has 20 heavy (non-hydrogen) atoms. The molecular weight excluding hydrogens is 324 g/mol. The van der Waals surface area contributed by atoms with Crippen LogP contribution in [-0.4, -0.2) is 13.1 Å². The molecule has 5 nitrogen and oxygen atoms in total. The normalized spacial score (nSPS) is 17.9. The summed E-state index contributed by atoms with van der Waals surface area (Å²) in [5, 5.41) is 9.21. The molecule has 1 heterocycles. The van der Waals surface area contributed by atoms with Gasteiger partial charge in [0.25, 0.3) is 0 Å². The lowest BCUT2D eigenvalue weighted by Crippen LogP contribution is -2.20. The van der Waals surface area contributed by atoms with Crippen LogP contribution in [0, 0.1) is 11.3 Å². The average Bonchev–Trinajstić information content (AvgIpc) is 2.46. The number of nitrogens with two attached hydrogens (primary N) is 1. The average molecular weight is 335 g/mol. The van der Waals surface area contributed by atoms with Crippen LogP contribution < -0.4 is 5.73 Å². The SMILES string of the molecule is COC(=O)C1=C[C@H](c2ccc(Br)cc2)C(C#N)=C(N)O1. The third kappa shape index (κ3) is 2.68. The van der Waals surface area contributed by atoms with Gasteiger partial charge >= 0.3 is 5.97 Å². The van der Waals surface area contributed by atoms with Crippen LogP contribution in [0.3, 0.4) is 0 Å². The fourth-order valence-electron chi connectivity index (χ4n) is 1.86. The van der Waals surface area contributed by atoms with Gasteiger partial charge in [-0.3, -0.25) is 0 Å². The Hall–Kier alpha value is -2.26. The van der Waals surface area contributed by atoms with Crippen LogP contribution in [0.5, 0.6) is 0 Å². The summed E-state index contributed by atoms with van der Waals surface area (Å²) in [7, 11) is 1.25. The van der Waals surface area contributed by atoms with Crippen LogP contribution in [0.15, 0.2) is 52.0 Å². The summed E-state index contributed by atoms with van der Waals surface area (Å²) in [5.41, 5.74) is 6.80. The van der Waals surface area contributed by atoms with Crippen LogP contribution in [0.1, 0.15) is 11.5 Å². The Bertz CT molecular complexity index is 641. The zero-order valence-electron chi connectivity index (χ0n) is 10.6. The summed E-state index contributed by atoms with van der Waals surface area (Å²) < 4.78 is 10.7. The lowest BCUT2D eigenvalue weighted by atomic mass is 9.90. The van der Waals surface area contributed by atoms with Gasteiger partial charge in [-0.2, -0.15) is 5.26 Å². The second-order valence-electron chi connectivity index (χ2n) is 4.04. The molecule has 0 saturated carbocycles. The van der Waals surface area contributed by atoms with Crippen LogP contribution >= 0.6 is 15.9 Å². The van der Waals surface area contributed by atoms with E-state index in [0.29, 0.717) is 0 Å². The summed E-state index contributed by atoms with van der Waals surface area (Å²) in [5.74, 6) is -1.16. The van der Waals surface area contributed by atoms with E-state index < -0.39 is 11.9 Å². The number of allylic oxidation sites excluding steroid dienone is 2. The monoisotopic (exact) mass is 334 g/mol. The number of carbonyl (C=O) groups excluding carboxylic acids is 1. The van der Waals surface area contributed by atoms with E-state index in [4.69, 9.17) is 10.5 Å². The second kappa shape index (κ2) is 5.80. The molecule has 0 aromatic heterocycles. The van der Waals surface area contributed by atoms with E-state index in [-0.39, 0.29) is 17.2 Å². The Balaban J connectivity index is 2.47. The van der Waals surface area contributed by atoms with Crippen LogP contribution in [0.4, 0.5) is 0 Å². The van der Waals surface area contributed by atoms with Crippen molar-refractivity contribution in [2.24, 2.45) is 5.73 Å². The van der Waals surface area contributed by atoms with E-state index in [0.717, 1.165) is 10.0 Å². The quantitative estimate of drug-likeness (QED) is 0.839. The fourth-order valence-corrected chi connectivity index (χ4v) is 2.13. The minimum atomic E-state index is -0.632. The van der Waals surface area contributed by atoms with Gasteiger partial charge < -0.3 is 15.2 Å². The Morgan fingerprint density at radius 2 is 2.10 bits per heavy atom. The van der Waals surface area contributed by atoms with Crippen molar-refractivity contribution in [1.82, 2.24) is 0 Å². The number of hydrogen-bond donors (Lipinski definition) is 1. The van der Waals surface area contributed by atoms with E-state index >= 15 is 0 Å². The lowest BCUT2D eigenvalue weighted by molar-refractivity contribution is -0.139. The van der Waals surface area contributed by atoms with Crippen molar-refractivity contribution in [2.75, 3.05) is 7.11 Å². The molecule has 0 unspecified atom stereocenters. The van der Waals surface area contributed by atoms with Gasteiger partial charge in [0.1, 0.15) is 11.6 Å². The van der Waals surface area contributed by atoms with Crippen LogP contribution in [-0.2, 0) is 14.3 Å². The molecule has 1 atom stereocenters. The predicted molar refractivity (Wildman–Crippen MR) is 74.9 cm³/mol. The molecule has 2 rings (SSSR count). The molecule has 1 aromatic rings. The van der Waals surface area contributed by atoms with Crippen molar-refractivity contribution >= 4 is 21.9 Å². The van der Waals surface area contributed by atoms with E-state index in [1.165, 1.54) is 13.2 Å². The number of methoxy groups -OCH3 is 1.